The molecule has 156 valence electrons. The lowest BCUT2D eigenvalue weighted by molar-refractivity contribution is -0.123. The van der Waals surface area contributed by atoms with E-state index in [0.717, 1.165) is 16.4 Å². The summed E-state index contributed by atoms with van der Waals surface area (Å²) >= 11 is 5.99. The zero-order valence-corrected chi connectivity index (χ0v) is 17.8. The van der Waals surface area contributed by atoms with Gasteiger partial charge in [-0.15, -0.1) is 0 Å². The third kappa shape index (κ3) is 5.31. The highest BCUT2D eigenvalue weighted by molar-refractivity contribution is 7.89. The van der Waals surface area contributed by atoms with Gasteiger partial charge in [-0.25, -0.2) is 21.9 Å². The topological polar surface area (TPSA) is 92.8 Å². The number of aryl methyl sites for hydroxylation is 1. The van der Waals surface area contributed by atoms with E-state index in [2.05, 4.69) is 5.32 Å². The Kier molecular flexibility index (Phi) is 6.99. The smallest absolute Gasteiger partial charge is 0.340 e. The van der Waals surface area contributed by atoms with Crippen LogP contribution in [0, 0.1) is 12.7 Å². The van der Waals surface area contributed by atoms with Crippen LogP contribution in [-0.4, -0.2) is 44.8 Å². The van der Waals surface area contributed by atoms with Crippen molar-refractivity contribution < 1.29 is 27.1 Å². The van der Waals surface area contributed by atoms with E-state index in [1.54, 1.807) is 6.92 Å². The number of amides is 1. The molecule has 0 radical (unpaired) electrons. The van der Waals surface area contributed by atoms with Gasteiger partial charge in [-0.2, -0.15) is 0 Å². The van der Waals surface area contributed by atoms with E-state index >= 15 is 0 Å². The maximum atomic E-state index is 13.6. The van der Waals surface area contributed by atoms with Crippen LogP contribution in [0.15, 0.2) is 41.3 Å². The number of anilines is 1. The largest absolute Gasteiger partial charge is 0.449 e. The molecular weight excluding hydrogens is 423 g/mol. The van der Waals surface area contributed by atoms with Gasteiger partial charge in [-0.1, -0.05) is 17.7 Å². The number of rotatable bonds is 6. The summed E-state index contributed by atoms with van der Waals surface area (Å²) in [6, 6.07) is 7.76. The molecule has 1 atom stereocenters. The highest BCUT2D eigenvalue weighted by Gasteiger charge is 2.24. The number of halogens is 2. The van der Waals surface area contributed by atoms with Crippen LogP contribution in [0.1, 0.15) is 22.8 Å². The number of hydrogen-bond donors (Lipinski definition) is 1. The van der Waals surface area contributed by atoms with E-state index in [-0.39, 0.29) is 21.2 Å². The number of carbonyl (C=O) groups is 2. The van der Waals surface area contributed by atoms with Crippen LogP contribution in [0.2, 0.25) is 5.02 Å². The van der Waals surface area contributed by atoms with Crippen LogP contribution in [-0.2, 0) is 19.6 Å². The van der Waals surface area contributed by atoms with E-state index in [9.17, 15) is 22.4 Å². The number of benzene rings is 2. The molecule has 7 nitrogen and oxygen atoms in total. The fraction of sp³-hybridized carbons (Fsp3) is 0.263. The molecule has 0 aliphatic heterocycles. The summed E-state index contributed by atoms with van der Waals surface area (Å²) in [6.07, 6.45) is -1.24. The lowest BCUT2D eigenvalue weighted by atomic mass is 10.2. The first-order chi connectivity index (χ1) is 13.4. The van der Waals surface area contributed by atoms with Gasteiger partial charge < -0.3 is 10.1 Å². The molecule has 0 aliphatic carbocycles. The Morgan fingerprint density at radius 1 is 1.17 bits per heavy atom. The Morgan fingerprint density at radius 2 is 1.83 bits per heavy atom. The van der Waals surface area contributed by atoms with E-state index < -0.39 is 33.8 Å². The van der Waals surface area contributed by atoms with Crippen LogP contribution in [0.3, 0.4) is 0 Å². The van der Waals surface area contributed by atoms with Crippen molar-refractivity contribution in [3.05, 3.63) is 58.4 Å². The summed E-state index contributed by atoms with van der Waals surface area (Å²) in [6.45, 7) is 2.91. The first-order valence-corrected chi connectivity index (χ1v) is 10.3. The fourth-order valence-corrected chi connectivity index (χ4v) is 3.35. The number of nitrogens with one attached hydrogen (secondary N) is 1. The molecule has 10 heteroatoms. The molecule has 2 aromatic carbocycles. The van der Waals surface area contributed by atoms with Gasteiger partial charge in [0.05, 0.1) is 15.5 Å². The van der Waals surface area contributed by atoms with Gasteiger partial charge in [-0.3, -0.25) is 4.79 Å². The predicted molar refractivity (Wildman–Crippen MR) is 107 cm³/mol. The van der Waals surface area contributed by atoms with Gasteiger partial charge in [0.15, 0.2) is 6.10 Å². The summed E-state index contributed by atoms with van der Waals surface area (Å²) in [5.41, 5.74) is 0.429. The molecule has 2 rings (SSSR count). The highest BCUT2D eigenvalue weighted by Crippen LogP contribution is 2.23. The van der Waals surface area contributed by atoms with Crippen molar-refractivity contribution in [3.8, 4) is 0 Å². The number of esters is 1. The van der Waals surface area contributed by atoms with Crippen LogP contribution in [0.5, 0.6) is 0 Å². The molecule has 0 saturated heterocycles. The van der Waals surface area contributed by atoms with Crippen LogP contribution in [0.25, 0.3) is 0 Å². The number of hydrogen-bond acceptors (Lipinski definition) is 5. The van der Waals surface area contributed by atoms with Gasteiger partial charge in [0.1, 0.15) is 5.82 Å². The molecule has 0 fully saturated rings. The molecule has 0 heterocycles. The summed E-state index contributed by atoms with van der Waals surface area (Å²) in [5, 5.41) is 2.41. The number of carbonyl (C=O) groups excluding carboxylic acids is 2. The van der Waals surface area contributed by atoms with Crippen molar-refractivity contribution in [2.24, 2.45) is 0 Å². The second kappa shape index (κ2) is 8.89. The Morgan fingerprint density at radius 3 is 2.41 bits per heavy atom. The number of ether oxygens (including phenoxy) is 1. The SMILES string of the molecule is Cc1ccc(NC(=O)C(C)OC(=O)c2cc(S(=O)(=O)N(C)C)ccc2Cl)cc1F. The Labute approximate surface area is 173 Å². The Hall–Kier alpha value is -2.49. The van der Waals surface area contributed by atoms with Gasteiger partial charge in [-0.05, 0) is 49.7 Å². The van der Waals surface area contributed by atoms with Gasteiger partial charge >= 0.3 is 5.97 Å². The van der Waals surface area contributed by atoms with Crippen molar-refractivity contribution >= 4 is 39.2 Å². The van der Waals surface area contributed by atoms with E-state index in [0.29, 0.717) is 5.56 Å². The molecule has 29 heavy (non-hydrogen) atoms. The van der Waals surface area contributed by atoms with Crippen molar-refractivity contribution in [3.63, 3.8) is 0 Å². The molecule has 1 N–H and O–H groups in total. The molecule has 0 aromatic heterocycles. The quantitative estimate of drug-likeness (QED) is 0.693. The molecule has 2 aromatic rings. The number of sulfonamides is 1. The van der Waals surface area contributed by atoms with Gasteiger partial charge in [0.25, 0.3) is 5.91 Å². The van der Waals surface area contributed by atoms with Gasteiger partial charge in [0.2, 0.25) is 10.0 Å². The normalized spacial score (nSPS) is 12.5. The van der Waals surface area contributed by atoms with Crippen molar-refractivity contribution in [1.82, 2.24) is 4.31 Å². The third-order valence-electron chi connectivity index (χ3n) is 4.03. The van der Waals surface area contributed by atoms with Crippen LogP contribution >= 0.6 is 11.6 Å². The Bertz CT molecular complexity index is 1060. The summed E-state index contributed by atoms with van der Waals surface area (Å²) in [5.74, 6) is -2.14. The zero-order chi connectivity index (χ0) is 21.9. The molecule has 0 aliphatic rings. The number of nitrogens with zero attached hydrogens (tertiary/aromatic N) is 1. The second-order valence-electron chi connectivity index (χ2n) is 6.43. The standard InChI is InChI=1S/C19H20ClFN2O5S/c1-11-5-6-13(9-17(11)21)22-18(24)12(2)28-19(25)15-10-14(7-8-16(15)20)29(26,27)23(3)4/h5-10,12H,1-4H3,(H,22,24). The van der Waals surface area contributed by atoms with E-state index in [1.165, 1.54) is 45.3 Å². The lowest BCUT2D eigenvalue weighted by Gasteiger charge is -2.16. The highest BCUT2D eigenvalue weighted by atomic mass is 35.5. The maximum absolute atomic E-state index is 13.6. The zero-order valence-electron chi connectivity index (χ0n) is 16.2. The first kappa shape index (κ1) is 22.8. The minimum atomic E-state index is -3.79. The monoisotopic (exact) mass is 442 g/mol. The minimum Gasteiger partial charge on any atom is -0.449 e. The van der Waals surface area contributed by atoms with E-state index in [1.807, 2.05) is 0 Å². The average Bonchev–Trinajstić information content (AvgIpc) is 2.64. The molecule has 1 unspecified atom stereocenters. The van der Waals surface area contributed by atoms with Crippen molar-refractivity contribution in [2.75, 3.05) is 19.4 Å². The first-order valence-electron chi connectivity index (χ1n) is 8.43. The molecular formula is C19H20ClFN2O5S. The molecule has 0 saturated carbocycles. The molecule has 0 bridgehead atoms. The summed E-state index contributed by atoms with van der Waals surface area (Å²) in [7, 11) is -1.09. The van der Waals surface area contributed by atoms with Crippen LogP contribution < -0.4 is 5.32 Å². The van der Waals surface area contributed by atoms with Crippen LogP contribution in [0.4, 0.5) is 10.1 Å². The van der Waals surface area contributed by atoms with Crippen molar-refractivity contribution in [2.45, 2.75) is 24.8 Å². The summed E-state index contributed by atoms with van der Waals surface area (Å²) < 4.78 is 44.2. The predicted octanol–water partition coefficient (Wildman–Crippen LogP) is 3.22. The molecule has 1 amide bonds. The maximum Gasteiger partial charge on any atom is 0.340 e. The average molecular weight is 443 g/mol. The second-order valence-corrected chi connectivity index (χ2v) is 8.99. The minimum absolute atomic E-state index is 0.0269. The molecule has 0 spiro atoms. The van der Waals surface area contributed by atoms with E-state index in [4.69, 9.17) is 16.3 Å². The van der Waals surface area contributed by atoms with Crippen molar-refractivity contribution in [1.29, 1.82) is 0 Å². The fourth-order valence-electron chi connectivity index (χ4n) is 2.22. The lowest BCUT2D eigenvalue weighted by Crippen LogP contribution is -2.30. The Balaban J connectivity index is 2.16. The van der Waals surface area contributed by atoms with Gasteiger partial charge in [0, 0.05) is 19.8 Å². The summed E-state index contributed by atoms with van der Waals surface area (Å²) in [4.78, 5) is 24.5. The third-order valence-corrected chi connectivity index (χ3v) is 6.17.